The minimum Gasteiger partial charge on any atom is -0.357 e. The van der Waals surface area contributed by atoms with E-state index in [0.717, 1.165) is 54.4 Å². The quantitative estimate of drug-likeness (QED) is 0.403. The summed E-state index contributed by atoms with van der Waals surface area (Å²) in [6, 6.07) is 7.61. The Morgan fingerprint density at radius 3 is 2.72 bits per heavy atom. The van der Waals surface area contributed by atoms with Crippen LogP contribution in [0.3, 0.4) is 0 Å². The number of rotatable bonds is 10. The fourth-order valence-corrected chi connectivity index (χ4v) is 5.95. The number of hydrogen-bond donors (Lipinski definition) is 2. The summed E-state index contributed by atoms with van der Waals surface area (Å²) in [7, 11) is 1.64. The predicted octanol–water partition coefficient (Wildman–Crippen LogP) is 3.32. The van der Waals surface area contributed by atoms with Gasteiger partial charge in [-0.25, -0.2) is 14.7 Å². The van der Waals surface area contributed by atoms with Crippen LogP contribution in [0.5, 0.6) is 0 Å². The molecule has 1 saturated heterocycles. The molecule has 0 saturated carbocycles. The monoisotopic (exact) mass is 548 g/mol. The highest BCUT2D eigenvalue weighted by molar-refractivity contribution is 7.12. The Bertz CT molecular complexity index is 1360. The number of carbonyl (C=O) groups is 2. The molecule has 0 unspecified atom stereocenters. The van der Waals surface area contributed by atoms with Crippen molar-refractivity contribution in [2.75, 3.05) is 38.1 Å². The number of nitrogens with zero attached hydrogens (tertiary/aromatic N) is 6. The van der Waals surface area contributed by atoms with Crippen LogP contribution in [0.15, 0.2) is 40.8 Å². The highest BCUT2D eigenvalue weighted by Crippen LogP contribution is 2.36. The van der Waals surface area contributed by atoms with Gasteiger partial charge in [0.15, 0.2) is 5.82 Å². The zero-order valence-electron chi connectivity index (χ0n) is 23.0. The lowest BCUT2D eigenvalue weighted by Gasteiger charge is -2.40. The Hall–Kier alpha value is -3.57. The van der Waals surface area contributed by atoms with Crippen molar-refractivity contribution in [2.24, 2.45) is 4.99 Å². The molecule has 2 amide bonds. The van der Waals surface area contributed by atoms with Gasteiger partial charge in [-0.15, -0.1) is 11.3 Å². The predicted molar refractivity (Wildman–Crippen MR) is 155 cm³/mol. The summed E-state index contributed by atoms with van der Waals surface area (Å²) in [6.45, 7) is 10.2. The Morgan fingerprint density at radius 2 is 2.05 bits per heavy atom. The zero-order chi connectivity index (χ0) is 27.5. The molecule has 206 valence electrons. The topological polar surface area (TPSA) is 108 Å². The summed E-state index contributed by atoms with van der Waals surface area (Å²) in [6.07, 6.45) is 3.33. The minimum absolute atomic E-state index is 0.0550. The molecule has 5 heterocycles. The van der Waals surface area contributed by atoms with E-state index in [1.165, 1.54) is 0 Å². The normalized spacial score (nSPS) is 17.3. The van der Waals surface area contributed by atoms with E-state index >= 15 is 0 Å². The van der Waals surface area contributed by atoms with Crippen LogP contribution in [-0.4, -0.2) is 82.5 Å². The molecular weight excluding hydrogens is 512 g/mol. The first-order valence-electron chi connectivity index (χ1n) is 13.6. The maximum atomic E-state index is 13.4. The largest absolute Gasteiger partial charge is 0.357 e. The second-order valence-corrected chi connectivity index (χ2v) is 10.8. The van der Waals surface area contributed by atoms with Gasteiger partial charge in [0.25, 0.3) is 5.91 Å². The van der Waals surface area contributed by atoms with Crippen molar-refractivity contribution in [1.29, 1.82) is 0 Å². The second-order valence-electron chi connectivity index (χ2n) is 9.88. The molecule has 39 heavy (non-hydrogen) atoms. The number of likely N-dealkylation sites (N-methyl/N-ethyl adjacent to an activating group) is 2. The van der Waals surface area contributed by atoms with Crippen LogP contribution >= 0.6 is 11.3 Å². The molecule has 0 spiro atoms. The number of aliphatic imine (C=N–C) groups is 1. The van der Waals surface area contributed by atoms with E-state index in [-0.39, 0.29) is 23.9 Å². The molecule has 2 N–H and O–H groups in total. The zero-order valence-corrected chi connectivity index (χ0v) is 23.8. The fourth-order valence-electron chi connectivity index (χ4n) is 5.21. The van der Waals surface area contributed by atoms with E-state index in [4.69, 9.17) is 9.98 Å². The van der Waals surface area contributed by atoms with Crippen molar-refractivity contribution in [3.05, 3.63) is 46.3 Å². The van der Waals surface area contributed by atoms with Gasteiger partial charge in [0, 0.05) is 49.6 Å². The molecule has 0 aromatic carbocycles. The van der Waals surface area contributed by atoms with Crippen molar-refractivity contribution in [3.8, 4) is 11.3 Å². The molecular formula is C28H36N8O2S. The minimum atomic E-state index is -0.305. The first kappa shape index (κ1) is 27.0. The van der Waals surface area contributed by atoms with Crippen LogP contribution in [-0.2, 0) is 11.3 Å². The van der Waals surface area contributed by atoms with Crippen molar-refractivity contribution in [1.82, 2.24) is 30.3 Å². The van der Waals surface area contributed by atoms with Crippen molar-refractivity contribution in [3.63, 3.8) is 0 Å². The van der Waals surface area contributed by atoms with E-state index in [1.54, 1.807) is 30.6 Å². The van der Waals surface area contributed by atoms with E-state index in [9.17, 15) is 9.59 Å². The molecule has 2 aliphatic heterocycles. The van der Waals surface area contributed by atoms with E-state index in [2.05, 4.69) is 52.8 Å². The summed E-state index contributed by atoms with van der Waals surface area (Å²) >= 11 is 1.67. The average molecular weight is 549 g/mol. The highest BCUT2D eigenvalue weighted by atomic mass is 32.1. The number of nitrogens with one attached hydrogen (secondary N) is 2. The Morgan fingerprint density at radius 1 is 1.23 bits per heavy atom. The van der Waals surface area contributed by atoms with Crippen LogP contribution in [0.4, 0.5) is 11.6 Å². The third kappa shape index (κ3) is 5.46. The van der Waals surface area contributed by atoms with Gasteiger partial charge in [-0.1, -0.05) is 19.9 Å². The smallest absolute Gasteiger partial charge is 0.251 e. The maximum absolute atomic E-state index is 13.4. The Kier molecular flexibility index (Phi) is 8.08. The van der Waals surface area contributed by atoms with Crippen LogP contribution in [0.2, 0.25) is 0 Å². The van der Waals surface area contributed by atoms with Crippen molar-refractivity contribution >= 4 is 40.5 Å². The molecule has 1 fully saturated rings. The van der Waals surface area contributed by atoms with Crippen LogP contribution in [0.1, 0.15) is 48.8 Å². The van der Waals surface area contributed by atoms with Crippen LogP contribution < -0.4 is 15.5 Å². The van der Waals surface area contributed by atoms with Gasteiger partial charge < -0.3 is 15.5 Å². The standard InChI is InChI=1S/C28H36N8O2S/c1-5-34(6-2)18(3)16-30-27(37)19-14-22(32-25(15-19)35-11-10-23(35)28(38)29-4)20-17-31-36-12-9-21(33-26(20)36)24-8-7-13-39-24/h7-8,13-15,17-18,23H,5-6,9-12,16H2,1-4H3,(H,29,38)(H,30,37)/t18-,23-/m0/s1. The number of fused-ring (bicyclic) bond motifs is 1. The Balaban J connectivity index is 1.50. The molecule has 5 rings (SSSR count). The highest BCUT2D eigenvalue weighted by Gasteiger charge is 2.35. The van der Waals surface area contributed by atoms with Gasteiger partial charge in [0.2, 0.25) is 5.91 Å². The van der Waals surface area contributed by atoms with Gasteiger partial charge in [0.1, 0.15) is 11.9 Å². The van der Waals surface area contributed by atoms with Crippen LogP contribution in [0, 0.1) is 0 Å². The average Bonchev–Trinajstić information content (AvgIpc) is 3.61. The fraction of sp³-hybridized carbons (Fsp3) is 0.464. The van der Waals surface area contributed by atoms with E-state index in [0.29, 0.717) is 30.2 Å². The summed E-state index contributed by atoms with van der Waals surface area (Å²) in [4.78, 5) is 41.2. The van der Waals surface area contributed by atoms with Crippen molar-refractivity contribution < 1.29 is 9.59 Å². The molecule has 10 nitrogen and oxygen atoms in total. The lowest BCUT2D eigenvalue weighted by atomic mass is 10.0. The molecule has 11 heteroatoms. The van der Waals surface area contributed by atoms with Gasteiger partial charge in [-0.2, -0.15) is 5.10 Å². The third-order valence-corrected chi connectivity index (χ3v) is 8.54. The first-order chi connectivity index (χ1) is 18.9. The number of aryl methyl sites for hydroxylation is 1. The number of aromatic nitrogens is 3. The van der Waals surface area contributed by atoms with E-state index in [1.807, 2.05) is 21.7 Å². The first-order valence-corrected chi connectivity index (χ1v) is 14.5. The molecule has 2 atom stereocenters. The lowest BCUT2D eigenvalue weighted by Crippen LogP contribution is -2.56. The number of hydrogen-bond acceptors (Lipinski definition) is 8. The molecule has 3 aromatic rings. The van der Waals surface area contributed by atoms with Crippen LogP contribution in [0.25, 0.3) is 11.3 Å². The van der Waals surface area contributed by atoms with Gasteiger partial charge in [-0.05, 0) is 50.0 Å². The van der Waals surface area contributed by atoms with Gasteiger partial charge in [-0.3, -0.25) is 14.5 Å². The van der Waals surface area contributed by atoms with Gasteiger partial charge >= 0.3 is 0 Å². The molecule has 0 aliphatic carbocycles. The summed E-state index contributed by atoms with van der Waals surface area (Å²) in [5.41, 5.74) is 2.92. The van der Waals surface area contributed by atoms with E-state index < -0.39 is 0 Å². The summed E-state index contributed by atoms with van der Waals surface area (Å²) in [5, 5.41) is 12.5. The number of thiophene rings is 1. The van der Waals surface area contributed by atoms with Gasteiger partial charge in [0.05, 0.1) is 23.2 Å². The SMILES string of the molecule is CCN(CC)[C@@H](C)CNC(=O)c1cc(-c2cnn3c2N=C(c2cccs2)CC3)nc(N2CC[C@H]2C(=O)NC)c1. The summed E-state index contributed by atoms with van der Waals surface area (Å²) in [5.74, 6) is 1.12. The molecule has 0 bridgehead atoms. The van der Waals surface area contributed by atoms with Crippen molar-refractivity contribution in [2.45, 2.75) is 52.2 Å². The third-order valence-electron chi connectivity index (χ3n) is 7.63. The number of carbonyl (C=O) groups excluding carboxylic acids is 2. The number of anilines is 1. The molecule has 0 radical (unpaired) electrons. The second kappa shape index (κ2) is 11.7. The number of pyridine rings is 1. The molecule has 3 aromatic heterocycles. The Labute approximate surface area is 233 Å². The maximum Gasteiger partial charge on any atom is 0.251 e. The summed E-state index contributed by atoms with van der Waals surface area (Å²) < 4.78 is 1.89. The molecule has 2 aliphatic rings. The number of amides is 2. The lowest BCUT2D eigenvalue weighted by molar-refractivity contribution is -0.123.